The second-order valence-corrected chi connectivity index (χ2v) is 8.28. The normalized spacial score (nSPS) is 14.3. The molecule has 0 radical (unpaired) electrons. The van der Waals surface area contributed by atoms with Crippen molar-refractivity contribution < 1.29 is 9.59 Å². The van der Waals surface area contributed by atoms with Gasteiger partial charge in [-0.2, -0.15) is 0 Å². The Kier molecular flexibility index (Phi) is 6.12. The summed E-state index contributed by atoms with van der Waals surface area (Å²) in [4.78, 5) is 33.8. The van der Waals surface area contributed by atoms with Gasteiger partial charge in [-0.15, -0.1) is 0 Å². The Balaban J connectivity index is 1.40. The number of carbonyl (C=O) groups is 2. The molecule has 1 fully saturated rings. The molecule has 1 aromatic heterocycles. The van der Waals surface area contributed by atoms with E-state index in [1.165, 1.54) is 0 Å². The minimum absolute atomic E-state index is 0.178. The van der Waals surface area contributed by atoms with E-state index < -0.39 is 0 Å². The fourth-order valence-corrected chi connectivity index (χ4v) is 4.28. The number of rotatable bonds is 5. The van der Waals surface area contributed by atoms with Crippen LogP contribution in [0, 0.1) is 0 Å². The number of para-hydroxylation sites is 2. The van der Waals surface area contributed by atoms with Crippen LogP contribution in [0.1, 0.15) is 15.9 Å². The third-order valence-corrected chi connectivity index (χ3v) is 6.12. The Labute approximate surface area is 198 Å². The highest BCUT2D eigenvalue weighted by atomic mass is 16.2. The Bertz CT molecular complexity index is 1320. The van der Waals surface area contributed by atoms with Crippen LogP contribution in [0.2, 0.25) is 0 Å². The number of amides is 2. The van der Waals surface area contributed by atoms with E-state index in [1.807, 2.05) is 71.8 Å². The maximum atomic E-state index is 13.6. The van der Waals surface area contributed by atoms with E-state index >= 15 is 0 Å². The van der Waals surface area contributed by atoms with Gasteiger partial charge in [0.25, 0.3) is 11.8 Å². The SMILES string of the molecule is O=C(NC(=Cc1c[nH]c2ccccc12)C(=O)N1CCN(c2ccccc2)CC1)c1ccccc1. The van der Waals surface area contributed by atoms with Crippen LogP contribution in [0.4, 0.5) is 5.69 Å². The third kappa shape index (κ3) is 4.57. The molecule has 1 saturated heterocycles. The molecule has 2 amide bonds. The summed E-state index contributed by atoms with van der Waals surface area (Å²) in [6.07, 6.45) is 3.63. The van der Waals surface area contributed by atoms with Gasteiger partial charge < -0.3 is 20.1 Å². The van der Waals surface area contributed by atoms with E-state index in [9.17, 15) is 9.59 Å². The van der Waals surface area contributed by atoms with Crippen LogP contribution in [-0.4, -0.2) is 47.9 Å². The smallest absolute Gasteiger partial charge is 0.270 e. The van der Waals surface area contributed by atoms with Crippen LogP contribution in [0.15, 0.2) is 96.8 Å². The molecular weight excluding hydrogens is 424 g/mol. The molecule has 6 heteroatoms. The van der Waals surface area contributed by atoms with Crippen molar-refractivity contribution >= 4 is 34.5 Å². The van der Waals surface area contributed by atoms with Crippen LogP contribution in [0.25, 0.3) is 17.0 Å². The molecule has 34 heavy (non-hydrogen) atoms. The van der Waals surface area contributed by atoms with Crippen molar-refractivity contribution in [3.05, 3.63) is 108 Å². The molecule has 2 N–H and O–H groups in total. The highest BCUT2D eigenvalue weighted by molar-refractivity contribution is 6.06. The lowest BCUT2D eigenvalue weighted by Gasteiger charge is -2.36. The number of benzene rings is 3. The monoisotopic (exact) mass is 450 g/mol. The summed E-state index contributed by atoms with van der Waals surface area (Å²) in [5, 5.41) is 3.88. The maximum absolute atomic E-state index is 13.6. The van der Waals surface area contributed by atoms with Gasteiger partial charge in [0.1, 0.15) is 5.70 Å². The van der Waals surface area contributed by atoms with Gasteiger partial charge in [-0.1, -0.05) is 54.6 Å². The van der Waals surface area contributed by atoms with Crippen LogP contribution in [-0.2, 0) is 4.79 Å². The van der Waals surface area contributed by atoms with Crippen molar-refractivity contribution in [3.63, 3.8) is 0 Å². The van der Waals surface area contributed by atoms with Crippen LogP contribution in [0.3, 0.4) is 0 Å². The zero-order chi connectivity index (χ0) is 23.3. The minimum Gasteiger partial charge on any atom is -0.368 e. The number of hydrogen-bond donors (Lipinski definition) is 2. The predicted molar refractivity (Wildman–Crippen MR) is 135 cm³/mol. The summed E-state index contributed by atoms with van der Waals surface area (Å²) in [5.74, 6) is -0.481. The van der Waals surface area contributed by atoms with E-state index in [0.29, 0.717) is 18.7 Å². The zero-order valence-corrected chi connectivity index (χ0v) is 18.8. The number of anilines is 1. The molecule has 1 aliphatic heterocycles. The first-order chi connectivity index (χ1) is 16.7. The maximum Gasteiger partial charge on any atom is 0.270 e. The number of piperazine rings is 1. The first kappa shape index (κ1) is 21.5. The molecule has 0 saturated carbocycles. The van der Waals surface area contributed by atoms with Crippen LogP contribution >= 0.6 is 0 Å². The van der Waals surface area contributed by atoms with Gasteiger partial charge in [0.2, 0.25) is 0 Å². The average molecular weight is 451 g/mol. The standard InChI is InChI=1S/C28H26N4O2/c33-27(21-9-3-1-4-10-21)30-26(19-22-20-29-25-14-8-7-13-24(22)25)28(34)32-17-15-31(16-18-32)23-11-5-2-6-12-23/h1-14,19-20,29H,15-18H2,(H,30,33). The lowest BCUT2D eigenvalue weighted by molar-refractivity contribution is -0.127. The first-order valence-corrected chi connectivity index (χ1v) is 11.4. The highest BCUT2D eigenvalue weighted by Crippen LogP contribution is 2.22. The van der Waals surface area contributed by atoms with Crippen molar-refractivity contribution in [3.8, 4) is 0 Å². The molecular formula is C28H26N4O2. The van der Waals surface area contributed by atoms with Gasteiger partial charge in [0.15, 0.2) is 0 Å². The molecule has 170 valence electrons. The fourth-order valence-electron chi connectivity index (χ4n) is 4.28. The summed E-state index contributed by atoms with van der Waals surface area (Å²) < 4.78 is 0. The van der Waals surface area contributed by atoms with E-state index in [1.54, 1.807) is 18.2 Å². The second kappa shape index (κ2) is 9.67. The summed E-state index contributed by atoms with van der Waals surface area (Å²) in [5.41, 5.74) is 3.77. The number of aromatic amines is 1. The van der Waals surface area contributed by atoms with Crippen molar-refractivity contribution in [2.75, 3.05) is 31.1 Å². The Morgan fingerprint density at radius 2 is 1.44 bits per heavy atom. The van der Waals surface area contributed by atoms with Crippen molar-refractivity contribution in [2.45, 2.75) is 0 Å². The van der Waals surface area contributed by atoms with Gasteiger partial charge in [-0.05, 0) is 36.4 Å². The van der Waals surface area contributed by atoms with Gasteiger partial charge in [-0.25, -0.2) is 0 Å². The largest absolute Gasteiger partial charge is 0.368 e. The predicted octanol–water partition coefficient (Wildman–Crippen LogP) is 4.29. The number of aromatic nitrogens is 1. The second-order valence-electron chi connectivity index (χ2n) is 8.28. The fraction of sp³-hybridized carbons (Fsp3) is 0.143. The zero-order valence-electron chi connectivity index (χ0n) is 18.8. The van der Waals surface area contributed by atoms with Crippen LogP contribution in [0.5, 0.6) is 0 Å². The minimum atomic E-state index is -0.303. The molecule has 6 nitrogen and oxygen atoms in total. The van der Waals surface area contributed by atoms with E-state index in [-0.39, 0.29) is 17.5 Å². The van der Waals surface area contributed by atoms with Gasteiger partial charge in [-0.3, -0.25) is 9.59 Å². The number of nitrogens with zero attached hydrogens (tertiary/aromatic N) is 2. The average Bonchev–Trinajstić information content (AvgIpc) is 3.32. The molecule has 0 spiro atoms. The van der Waals surface area contributed by atoms with Crippen molar-refractivity contribution in [1.82, 2.24) is 15.2 Å². The van der Waals surface area contributed by atoms with E-state index in [4.69, 9.17) is 0 Å². The lowest BCUT2D eigenvalue weighted by atomic mass is 10.1. The summed E-state index contributed by atoms with van der Waals surface area (Å²) >= 11 is 0. The molecule has 0 unspecified atom stereocenters. The number of H-pyrrole nitrogens is 1. The molecule has 0 bridgehead atoms. The topological polar surface area (TPSA) is 68.4 Å². The molecule has 4 aromatic rings. The van der Waals surface area contributed by atoms with Gasteiger partial charge in [0.05, 0.1) is 0 Å². The van der Waals surface area contributed by atoms with Gasteiger partial charge >= 0.3 is 0 Å². The van der Waals surface area contributed by atoms with E-state index in [0.717, 1.165) is 35.2 Å². The molecule has 0 atom stereocenters. The molecule has 0 aliphatic carbocycles. The summed E-state index contributed by atoms with van der Waals surface area (Å²) in [6.45, 7) is 2.64. The Morgan fingerprint density at radius 1 is 0.794 bits per heavy atom. The summed E-state index contributed by atoms with van der Waals surface area (Å²) in [7, 11) is 0. The summed E-state index contributed by atoms with van der Waals surface area (Å²) in [6, 6.07) is 27.1. The number of hydrogen-bond acceptors (Lipinski definition) is 3. The lowest BCUT2D eigenvalue weighted by Crippen LogP contribution is -2.50. The first-order valence-electron chi connectivity index (χ1n) is 11.4. The quantitative estimate of drug-likeness (QED) is 0.446. The Hall–Kier alpha value is -4.32. The number of carbonyl (C=O) groups excluding carboxylic acids is 2. The molecule has 3 aromatic carbocycles. The third-order valence-electron chi connectivity index (χ3n) is 6.12. The van der Waals surface area contributed by atoms with Crippen LogP contribution < -0.4 is 10.2 Å². The molecule has 2 heterocycles. The van der Waals surface area contributed by atoms with Gasteiger partial charge in [0, 0.05) is 60.1 Å². The van der Waals surface area contributed by atoms with E-state index in [2.05, 4.69) is 27.3 Å². The molecule has 1 aliphatic rings. The number of nitrogens with one attached hydrogen (secondary N) is 2. The number of fused-ring (bicyclic) bond motifs is 1. The van der Waals surface area contributed by atoms with Crippen molar-refractivity contribution in [2.24, 2.45) is 0 Å². The highest BCUT2D eigenvalue weighted by Gasteiger charge is 2.25. The van der Waals surface area contributed by atoms with Crippen molar-refractivity contribution in [1.29, 1.82) is 0 Å². The Morgan fingerprint density at radius 3 is 2.18 bits per heavy atom. The molecule has 5 rings (SSSR count).